The number of aromatic nitrogens is 2. The van der Waals surface area contributed by atoms with Gasteiger partial charge in [0.05, 0.1) is 6.54 Å². The number of rotatable bonds is 4. The number of nitrogens with one attached hydrogen (secondary N) is 1. The third-order valence-electron chi connectivity index (χ3n) is 4.19. The minimum atomic E-state index is 0.426. The first-order chi connectivity index (χ1) is 9.72. The quantitative estimate of drug-likeness (QED) is 0.895. The van der Waals surface area contributed by atoms with Crippen LogP contribution in [0.4, 0.5) is 6.01 Å². The van der Waals surface area contributed by atoms with Crippen LogP contribution in [0.25, 0.3) is 0 Å². The van der Waals surface area contributed by atoms with Crippen LogP contribution in [-0.4, -0.2) is 53.4 Å². The van der Waals surface area contributed by atoms with Crippen molar-refractivity contribution in [3.8, 4) is 0 Å². The van der Waals surface area contributed by atoms with Gasteiger partial charge in [-0.25, -0.2) is 0 Å². The van der Waals surface area contributed by atoms with Gasteiger partial charge < -0.3 is 14.6 Å². The molecule has 1 unspecified atom stereocenters. The highest BCUT2D eigenvalue weighted by molar-refractivity contribution is 5.25. The second kappa shape index (κ2) is 6.10. The Kier molecular flexibility index (Phi) is 4.21. The van der Waals surface area contributed by atoms with E-state index >= 15 is 0 Å². The summed E-state index contributed by atoms with van der Waals surface area (Å²) in [7, 11) is 0. The number of anilines is 1. The van der Waals surface area contributed by atoms with Crippen molar-refractivity contribution in [1.82, 2.24) is 20.4 Å². The molecule has 0 amide bonds. The van der Waals surface area contributed by atoms with E-state index in [-0.39, 0.29) is 0 Å². The maximum Gasteiger partial charge on any atom is 0.318 e. The van der Waals surface area contributed by atoms with E-state index in [1.165, 1.54) is 32.4 Å². The average Bonchev–Trinajstić information content (AvgIpc) is 3.02. The van der Waals surface area contributed by atoms with Crippen molar-refractivity contribution < 1.29 is 4.42 Å². The molecular weight excluding hydrogens is 254 g/mol. The van der Waals surface area contributed by atoms with Gasteiger partial charge in [0.25, 0.3) is 0 Å². The van der Waals surface area contributed by atoms with Gasteiger partial charge in [0.15, 0.2) is 0 Å². The molecule has 6 heteroatoms. The first-order valence-corrected chi connectivity index (χ1v) is 7.77. The Morgan fingerprint density at radius 2 is 2.10 bits per heavy atom. The smallest absolute Gasteiger partial charge is 0.318 e. The molecule has 0 spiro atoms. The normalized spacial score (nSPS) is 24.1. The molecule has 1 atom stereocenters. The average molecular weight is 279 g/mol. The number of hydrogen-bond donors (Lipinski definition) is 1. The highest BCUT2D eigenvalue weighted by atomic mass is 16.4. The lowest BCUT2D eigenvalue weighted by Crippen LogP contribution is -2.36. The van der Waals surface area contributed by atoms with Crippen LogP contribution >= 0.6 is 0 Å². The Morgan fingerprint density at radius 1 is 1.25 bits per heavy atom. The summed E-state index contributed by atoms with van der Waals surface area (Å²) in [6.45, 7) is 9.38. The van der Waals surface area contributed by atoms with Gasteiger partial charge in [-0.2, -0.15) is 0 Å². The van der Waals surface area contributed by atoms with Gasteiger partial charge in [0.2, 0.25) is 5.89 Å². The van der Waals surface area contributed by atoms with E-state index in [1.807, 2.05) is 0 Å². The lowest BCUT2D eigenvalue weighted by Gasteiger charge is -2.24. The van der Waals surface area contributed by atoms with Crippen LogP contribution < -0.4 is 10.2 Å². The summed E-state index contributed by atoms with van der Waals surface area (Å²) in [5, 5.41) is 11.7. The van der Waals surface area contributed by atoms with E-state index in [4.69, 9.17) is 4.42 Å². The van der Waals surface area contributed by atoms with E-state index < -0.39 is 0 Å². The Balaban J connectivity index is 1.63. The van der Waals surface area contributed by atoms with Crippen molar-refractivity contribution in [2.24, 2.45) is 0 Å². The molecule has 0 saturated carbocycles. The fourth-order valence-corrected chi connectivity index (χ4v) is 3.12. The molecule has 0 aromatic carbocycles. The molecule has 3 heterocycles. The Morgan fingerprint density at radius 3 is 2.95 bits per heavy atom. The first-order valence-electron chi connectivity index (χ1n) is 7.77. The Labute approximate surface area is 120 Å². The minimum absolute atomic E-state index is 0.426. The summed E-state index contributed by atoms with van der Waals surface area (Å²) < 4.78 is 5.80. The molecule has 2 fully saturated rings. The van der Waals surface area contributed by atoms with Crippen LogP contribution in [0, 0.1) is 0 Å². The van der Waals surface area contributed by atoms with Crippen LogP contribution in [0.2, 0.25) is 0 Å². The molecule has 0 aliphatic carbocycles. The molecule has 2 saturated heterocycles. The summed E-state index contributed by atoms with van der Waals surface area (Å²) in [5.41, 5.74) is 0. The largest absolute Gasteiger partial charge is 0.407 e. The highest BCUT2D eigenvalue weighted by Gasteiger charge is 2.30. The summed E-state index contributed by atoms with van der Waals surface area (Å²) in [6, 6.07) is 1.79. The van der Waals surface area contributed by atoms with E-state index in [1.54, 1.807) is 0 Å². The summed E-state index contributed by atoms with van der Waals surface area (Å²) in [5.74, 6) is 0.682. The summed E-state index contributed by atoms with van der Waals surface area (Å²) >= 11 is 0. The zero-order valence-electron chi connectivity index (χ0n) is 12.5. The third kappa shape index (κ3) is 3.12. The van der Waals surface area contributed by atoms with Gasteiger partial charge in [0.1, 0.15) is 0 Å². The topological polar surface area (TPSA) is 57.4 Å². The first kappa shape index (κ1) is 13.8. The predicted octanol–water partition coefficient (Wildman–Crippen LogP) is 1.24. The van der Waals surface area contributed by atoms with Crippen LogP contribution in [0.3, 0.4) is 0 Å². The predicted molar refractivity (Wildman–Crippen MR) is 77.7 cm³/mol. The standard InChI is InChI=1S/C14H25N5O/c1-11(2)15-9-13-16-17-14(20-13)19-8-4-7-18-6-3-5-12(18)10-19/h11-12,15H,3-10H2,1-2H3. The summed E-state index contributed by atoms with van der Waals surface area (Å²) in [4.78, 5) is 4.87. The van der Waals surface area contributed by atoms with Crippen LogP contribution in [0.15, 0.2) is 4.42 Å². The molecular formula is C14H25N5O. The fourth-order valence-electron chi connectivity index (χ4n) is 3.12. The highest BCUT2D eigenvalue weighted by Crippen LogP contribution is 2.24. The molecule has 3 rings (SSSR count). The lowest BCUT2D eigenvalue weighted by molar-refractivity contribution is 0.272. The summed E-state index contributed by atoms with van der Waals surface area (Å²) in [6.07, 6.45) is 3.80. The van der Waals surface area contributed by atoms with Gasteiger partial charge >= 0.3 is 6.01 Å². The van der Waals surface area contributed by atoms with Crippen LogP contribution in [0.5, 0.6) is 0 Å². The van der Waals surface area contributed by atoms with E-state index in [2.05, 4.69) is 39.2 Å². The SMILES string of the molecule is CC(C)NCc1nnc(N2CCCN3CCCC3C2)o1. The van der Waals surface area contributed by atoms with Crippen LogP contribution in [-0.2, 0) is 6.54 Å². The molecule has 112 valence electrons. The lowest BCUT2D eigenvalue weighted by atomic mass is 10.2. The monoisotopic (exact) mass is 279 g/mol. The molecule has 1 N–H and O–H groups in total. The molecule has 2 aliphatic rings. The molecule has 1 aromatic heterocycles. The molecule has 0 bridgehead atoms. The second-order valence-electron chi connectivity index (χ2n) is 6.15. The van der Waals surface area contributed by atoms with Gasteiger partial charge in [-0.05, 0) is 25.8 Å². The number of fused-ring (bicyclic) bond motifs is 1. The van der Waals surface area contributed by atoms with Crippen molar-refractivity contribution in [1.29, 1.82) is 0 Å². The van der Waals surface area contributed by atoms with Crippen molar-refractivity contribution in [3.63, 3.8) is 0 Å². The minimum Gasteiger partial charge on any atom is -0.407 e. The van der Waals surface area contributed by atoms with Crippen molar-refractivity contribution >= 4 is 6.01 Å². The van der Waals surface area contributed by atoms with Gasteiger partial charge in [-0.3, -0.25) is 4.90 Å². The van der Waals surface area contributed by atoms with E-state index in [9.17, 15) is 0 Å². The Bertz CT molecular complexity index is 433. The molecule has 6 nitrogen and oxygen atoms in total. The second-order valence-corrected chi connectivity index (χ2v) is 6.15. The van der Waals surface area contributed by atoms with Crippen molar-refractivity contribution in [2.45, 2.75) is 51.7 Å². The zero-order valence-corrected chi connectivity index (χ0v) is 12.5. The molecule has 1 aromatic rings. The number of nitrogens with zero attached hydrogens (tertiary/aromatic N) is 4. The van der Waals surface area contributed by atoms with Gasteiger partial charge in [-0.1, -0.05) is 18.9 Å². The Hall–Kier alpha value is -1.14. The fraction of sp³-hybridized carbons (Fsp3) is 0.857. The molecule has 2 aliphatic heterocycles. The van der Waals surface area contributed by atoms with E-state index in [0.29, 0.717) is 30.5 Å². The maximum absolute atomic E-state index is 5.80. The third-order valence-corrected chi connectivity index (χ3v) is 4.19. The maximum atomic E-state index is 5.80. The van der Waals surface area contributed by atoms with Crippen molar-refractivity contribution in [3.05, 3.63) is 5.89 Å². The van der Waals surface area contributed by atoms with Crippen molar-refractivity contribution in [2.75, 3.05) is 31.1 Å². The zero-order chi connectivity index (χ0) is 13.9. The molecule has 0 radical (unpaired) electrons. The van der Waals surface area contributed by atoms with Gasteiger partial charge in [-0.15, -0.1) is 5.10 Å². The van der Waals surface area contributed by atoms with Crippen LogP contribution in [0.1, 0.15) is 39.0 Å². The van der Waals surface area contributed by atoms with Gasteiger partial charge in [0, 0.05) is 31.7 Å². The number of hydrogen-bond acceptors (Lipinski definition) is 6. The van der Waals surface area contributed by atoms with E-state index in [0.717, 1.165) is 13.1 Å². The molecule has 20 heavy (non-hydrogen) atoms.